The Morgan fingerprint density at radius 1 is 0.889 bits per heavy atom. The quantitative estimate of drug-likeness (QED) is 0.0968. The van der Waals surface area contributed by atoms with Crippen molar-refractivity contribution in [1.29, 1.82) is 0 Å². The fraction of sp³-hybridized carbons (Fsp3) is 0.118. The van der Waals surface area contributed by atoms with Crippen molar-refractivity contribution in [3.8, 4) is 5.75 Å². The number of hydrogen-bond acceptors (Lipinski definition) is 6. The third-order valence-electron chi connectivity index (χ3n) is 6.44. The summed E-state index contributed by atoms with van der Waals surface area (Å²) >= 11 is 7.46. The number of carboxylic acids is 1. The molecule has 1 unspecified atom stereocenters. The smallest absolute Gasteiger partial charge is 0.335 e. The standard InChI is InChI=1S/C34H30ClN3O6S/c1-3-30(33(41)37-28-19-23(34(42)43)15-16-27(28)35)45-26-14-8-12-24(20-26)36-32(40)29(18-21-9-7-13-25(17-21)44-2)38-31(39)22-10-5-4-6-11-22/h4-20,30H,3H2,1-2H3,(H,36,40)(H,37,41)(H,38,39)(H,42,43)/b29-18-. The number of ether oxygens (including phenoxy) is 1. The number of benzene rings is 4. The van der Waals surface area contributed by atoms with Crippen molar-refractivity contribution in [3.63, 3.8) is 0 Å². The zero-order valence-electron chi connectivity index (χ0n) is 24.4. The predicted molar refractivity (Wildman–Crippen MR) is 177 cm³/mol. The molecule has 1 atom stereocenters. The summed E-state index contributed by atoms with van der Waals surface area (Å²) in [7, 11) is 1.54. The van der Waals surface area contributed by atoms with Crippen molar-refractivity contribution in [1.82, 2.24) is 5.32 Å². The molecule has 11 heteroatoms. The average Bonchev–Trinajstić information content (AvgIpc) is 3.04. The summed E-state index contributed by atoms with van der Waals surface area (Å²) in [6, 6.07) is 26.7. The number of hydrogen-bond donors (Lipinski definition) is 4. The van der Waals surface area contributed by atoms with Crippen molar-refractivity contribution in [2.24, 2.45) is 0 Å². The van der Waals surface area contributed by atoms with Crippen molar-refractivity contribution in [2.75, 3.05) is 17.7 Å². The van der Waals surface area contributed by atoms with Gasteiger partial charge < -0.3 is 25.8 Å². The number of anilines is 2. The van der Waals surface area contributed by atoms with Crippen molar-refractivity contribution in [2.45, 2.75) is 23.5 Å². The first-order chi connectivity index (χ1) is 21.7. The van der Waals surface area contributed by atoms with E-state index in [1.165, 1.54) is 37.1 Å². The Hall–Kier alpha value is -5.06. The summed E-state index contributed by atoms with van der Waals surface area (Å²) in [6.07, 6.45) is 2.02. The maximum atomic E-state index is 13.5. The van der Waals surface area contributed by atoms with E-state index in [9.17, 15) is 24.3 Å². The summed E-state index contributed by atoms with van der Waals surface area (Å²) in [5, 5.41) is 17.2. The number of methoxy groups -OCH3 is 1. The predicted octanol–water partition coefficient (Wildman–Crippen LogP) is 6.97. The third kappa shape index (κ3) is 9.21. The van der Waals surface area contributed by atoms with Crippen LogP contribution in [0.5, 0.6) is 5.75 Å². The molecule has 0 fully saturated rings. The van der Waals surface area contributed by atoms with E-state index in [1.54, 1.807) is 84.9 Å². The maximum Gasteiger partial charge on any atom is 0.335 e. The number of rotatable bonds is 12. The van der Waals surface area contributed by atoms with Crippen molar-refractivity contribution in [3.05, 3.63) is 124 Å². The van der Waals surface area contributed by atoms with Crippen LogP contribution in [0.15, 0.2) is 108 Å². The zero-order chi connectivity index (χ0) is 32.3. The van der Waals surface area contributed by atoms with Crippen LogP contribution in [0.2, 0.25) is 5.02 Å². The van der Waals surface area contributed by atoms with Gasteiger partial charge in [-0.1, -0.05) is 54.9 Å². The summed E-state index contributed by atoms with van der Waals surface area (Å²) in [6.45, 7) is 1.85. The minimum Gasteiger partial charge on any atom is -0.497 e. The molecule has 4 rings (SSSR count). The molecular formula is C34H30ClN3O6S. The molecule has 4 N–H and O–H groups in total. The van der Waals surface area contributed by atoms with Crippen LogP contribution in [0.3, 0.4) is 0 Å². The minimum atomic E-state index is -1.14. The first-order valence-electron chi connectivity index (χ1n) is 13.8. The molecule has 0 aliphatic carbocycles. The van der Waals surface area contributed by atoms with Crippen LogP contribution in [0, 0.1) is 0 Å². The highest BCUT2D eigenvalue weighted by atomic mass is 35.5. The van der Waals surface area contributed by atoms with Gasteiger partial charge in [-0.05, 0) is 78.7 Å². The van der Waals surface area contributed by atoms with Crippen LogP contribution < -0.4 is 20.7 Å². The van der Waals surface area contributed by atoms with Gasteiger partial charge in [0.1, 0.15) is 11.4 Å². The summed E-state index contributed by atoms with van der Waals surface area (Å²) in [5.74, 6) is -1.90. The lowest BCUT2D eigenvalue weighted by Gasteiger charge is -2.17. The lowest BCUT2D eigenvalue weighted by atomic mass is 10.1. The van der Waals surface area contributed by atoms with Gasteiger partial charge in [0.05, 0.1) is 28.6 Å². The van der Waals surface area contributed by atoms with Gasteiger partial charge in [-0.15, -0.1) is 11.8 Å². The van der Waals surface area contributed by atoms with Gasteiger partial charge in [0.2, 0.25) is 5.91 Å². The normalized spacial score (nSPS) is 11.7. The van der Waals surface area contributed by atoms with Crippen LogP contribution in [0.25, 0.3) is 6.08 Å². The molecule has 4 aromatic carbocycles. The van der Waals surface area contributed by atoms with Crippen molar-refractivity contribution >= 4 is 64.5 Å². The molecule has 0 aliphatic heterocycles. The van der Waals surface area contributed by atoms with Crippen LogP contribution >= 0.6 is 23.4 Å². The van der Waals surface area contributed by atoms with E-state index in [0.717, 1.165) is 0 Å². The van der Waals surface area contributed by atoms with Gasteiger partial charge in [-0.2, -0.15) is 0 Å². The molecule has 0 radical (unpaired) electrons. The largest absolute Gasteiger partial charge is 0.497 e. The molecule has 0 spiro atoms. The SMILES string of the molecule is CCC(Sc1cccc(NC(=O)/C(=C/c2cccc(OC)c2)NC(=O)c2ccccc2)c1)C(=O)Nc1cc(C(=O)O)ccc1Cl. The average molecular weight is 644 g/mol. The Bertz CT molecular complexity index is 1750. The van der Waals surface area contributed by atoms with Gasteiger partial charge in [0.25, 0.3) is 11.8 Å². The number of carbonyl (C=O) groups excluding carboxylic acids is 3. The van der Waals surface area contributed by atoms with Gasteiger partial charge in [0.15, 0.2) is 0 Å². The maximum absolute atomic E-state index is 13.5. The monoisotopic (exact) mass is 643 g/mol. The van der Waals surface area contributed by atoms with Crippen LogP contribution in [-0.2, 0) is 9.59 Å². The Morgan fingerprint density at radius 2 is 1.64 bits per heavy atom. The first-order valence-corrected chi connectivity index (χ1v) is 15.1. The molecule has 4 aromatic rings. The number of aromatic carboxylic acids is 1. The summed E-state index contributed by atoms with van der Waals surface area (Å²) < 4.78 is 5.29. The molecule has 45 heavy (non-hydrogen) atoms. The molecular weight excluding hydrogens is 614 g/mol. The van der Waals surface area contributed by atoms with Gasteiger partial charge in [0, 0.05) is 16.1 Å². The van der Waals surface area contributed by atoms with Crippen LogP contribution in [0.4, 0.5) is 11.4 Å². The number of amides is 3. The van der Waals surface area contributed by atoms with Crippen molar-refractivity contribution < 1.29 is 29.0 Å². The topological polar surface area (TPSA) is 134 Å². The van der Waals surface area contributed by atoms with E-state index in [-0.39, 0.29) is 27.9 Å². The van der Waals surface area contributed by atoms with E-state index < -0.39 is 23.0 Å². The molecule has 0 aliphatic rings. The van der Waals surface area contributed by atoms with Gasteiger partial charge >= 0.3 is 5.97 Å². The zero-order valence-corrected chi connectivity index (χ0v) is 25.9. The number of carbonyl (C=O) groups is 4. The Balaban J connectivity index is 1.52. The Labute approximate surface area is 269 Å². The fourth-order valence-corrected chi connectivity index (χ4v) is 5.32. The van der Waals surface area contributed by atoms with Crippen LogP contribution in [-0.4, -0.2) is 41.2 Å². The molecule has 9 nitrogen and oxygen atoms in total. The summed E-state index contributed by atoms with van der Waals surface area (Å²) in [5.41, 5.74) is 1.70. The molecule has 0 aromatic heterocycles. The first kappa shape index (κ1) is 32.8. The lowest BCUT2D eigenvalue weighted by Crippen LogP contribution is -2.30. The summed E-state index contributed by atoms with van der Waals surface area (Å²) in [4.78, 5) is 51.6. The second kappa shape index (κ2) is 15.6. The highest BCUT2D eigenvalue weighted by Gasteiger charge is 2.21. The minimum absolute atomic E-state index is 0.00127. The van der Waals surface area contributed by atoms with E-state index in [4.69, 9.17) is 16.3 Å². The van der Waals surface area contributed by atoms with Gasteiger partial charge in [-0.25, -0.2) is 4.79 Å². The molecule has 0 bridgehead atoms. The number of carboxylic acid groups (broad SMARTS) is 1. The molecule has 3 amide bonds. The molecule has 230 valence electrons. The number of halogens is 1. The second-order valence-corrected chi connectivity index (χ2v) is 11.3. The fourth-order valence-electron chi connectivity index (χ4n) is 4.14. The third-order valence-corrected chi connectivity index (χ3v) is 8.13. The lowest BCUT2D eigenvalue weighted by molar-refractivity contribution is -0.116. The number of thioether (sulfide) groups is 1. The highest BCUT2D eigenvalue weighted by Crippen LogP contribution is 2.30. The van der Waals surface area contributed by atoms with E-state index in [0.29, 0.717) is 33.9 Å². The van der Waals surface area contributed by atoms with Crippen LogP contribution in [0.1, 0.15) is 39.6 Å². The second-order valence-electron chi connectivity index (χ2n) is 9.64. The highest BCUT2D eigenvalue weighted by molar-refractivity contribution is 8.00. The molecule has 0 saturated carbocycles. The van der Waals surface area contributed by atoms with E-state index >= 15 is 0 Å². The van der Waals surface area contributed by atoms with E-state index in [2.05, 4.69) is 16.0 Å². The molecule has 0 saturated heterocycles. The Kier molecular flexibility index (Phi) is 11.4. The number of nitrogens with one attached hydrogen (secondary N) is 3. The van der Waals surface area contributed by atoms with Gasteiger partial charge in [-0.3, -0.25) is 14.4 Å². The molecule has 0 heterocycles. The van der Waals surface area contributed by atoms with E-state index in [1.807, 2.05) is 6.92 Å². The Morgan fingerprint density at radius 3 is 2.36 bits per heavy atom.